The molecule has 0 bridgehead atoms. The standard InChI is InChI=1S/C14H13FN2OS/c1-14(2)6-5-9-8(12(14)18)3-4-10(16-9)13-17-11(15)7-19-13/h3-4,7H,5-6H2,1-2H3. The number of carbonyl (C=O) groups is 1. The minimum atomic E-state index is -0.489. The summed E-state index contributed by atoms with van der Waals surface area (Å²) < 4.78 is 12.9. The Labute approximate surface area is 114 Å². The molecule has 0 unspecified atom stereocenters. The Balaban J connectivity index is 2.04. The number of fused-ring (bicyclic) bond motifs is 1. The average molecular weight is 276 g/mol. The van der Waals surface area contributed by atoms with E-state index in [2.05, 4.69) is 9.97 Å². The Morgan fingerprint density at radius 3 is 2.79 bits per heavy atom. The van der Waals surface area contributed by atoms with Crippen LogP contribution in [0.25, 0.3) is 10.7 Å². The monoisotopic (exact) mass is 276 g/mol. The molecule has 0 aliphatic heterocycles. The van der Waals surface area contributed by atoms with Crippen LogP contribution in [-0.4, -0.2) is 15.8 Å². The fourth-order valence-electron chi connectivity index (χ4n) is 2.30. The number of pyridine rings is 1. The number of aryl methyl sites for hydroxylation is 1. The molecular weight excluding hydrogens is 263 g/mol. The van der Waals surface area contributed by atoms with E-state index in [1.54, 1.807) is 12.1 Å². The van der Waals surface area contributed by atoms with Gasteiger partial charge in [-0.15, -0.1) is 11.3 Å². The molecule has 0 saturated carbocycles. The van der Waals surface area contributed by atoms with E-state index in [0.717, 1.165) is 18.5 Å². The van der Waals surface area contributed by atoms with Crippen molar-refractivity contribution in [1.82, 2.24) is 9.97 Å². The van der Waals surface area contributed by atoms with Crippen molar-refractivity contribution in [2.24, 2.45) is 5.41 Å². The van der Waals surface area contributed by atoms with Crippen LogP contribution in [0.5, 0.6) is 0 Å². The lowest BCUT2D eigenvalue weighted by atomic mass is 9.75. The molecule has 0 amide bonds. The summed E-state index contributed by atoms with van der Waals surface area (Å²) in [6.07, 6.45) is 1.57. The van der Waals surface area contributed by atoms with E-state index in [4.69, 9.17) is 0 Å². The molecule has 19 heavy (non-hydrogen) atoms. The number of hydrogen-bond acceptors (Lipinski definition) is 4. The molecule has 0 spiro atoms. The number of halogens is 1. The van der Waals surface area contributed by atoms with Gasteiger partial charge >= 0.3 is 0 Å². The molecule has 3 nitrogen and oxygen atoms in total. The van der Waals surface area contributed by atoms with Crippen molar-refractivity contribution < 1.29 is 9.18 Å². The smallest absolute Gasteiger partial charge is 0.224 e. The molecule has 3 rings (SSSR count). The first-order chi connectivity index (χ1) is 8.97. The second-order valence-corrected chi connectivity index (χ2v) is 6.24. The number of Topliss-reactive ketones (excluding diaryl/α,β-unsaturated/α-hetero) is 1. The van der Waals surface area contributed by atoms with Gasteiger partial charge in [0.25, 0.3) is 0 Å². The zero-order chi connectivity index (χ0) is 13.6. The highest BCUT2D eigenvalue weighted by molar-refractivity contribution is 7.13. The highest BCUT2D eigenvalue weighted by Gasteiger charge is 2.34. The van der Waals surface area contributed by atoms with Crippen molar-refractivity contribution in [2.75, 3.05) is 0 Å². The molecular formula is C14H13FN2OS. The van der Waals surface area contributed by atoms with Gasteiger partial charge in [0, 0.05) is 16.4 Å². The summed E-state index contributed by atoms with van der Waals surface area (Å²) in [7, 11) is 0. The summed E-state index contributed by atoms with van der Waals surface area (Å²) in [5.41, 5.74) is 1.82. The van der Waals surface area contributed by atoms with Gasteiger partial charge in [-0.2, -0.15) is 4.39 Å². The second-order valence-electron chi connectivity index (χ2n) is 5.38. The number of carbonyl (C=O) groups excluding carboxylic acids is 1. The Morgan fingerprint density at radius 1 is 1.32 bits per heavy atom. The van der Waals surface area contributed by atoms with Crippen molar-refractivity contribution in [3.8, 4) is 10.7 Å². The van der Waals surface area contributed by atoms with Gasteiger partial charge < -0.3 is 0 Å². The maximum Gasteiger partial charge on any atom is 0.224 e. The molecule has 2 aromatic rings. The number of ketones is 1. The van der Waals surface area contributed by atoms with E-state index in [1.165, 1.54) is 16.7 Å². The maximum atomic E-state index is 12.9. The normalized spacial score (nSPS) is 17.3. The van der Waals surface area contributed by atoms with Gasteiger partial charge in [0.1, 0.15) is 5.01 Å². The van der Waals surface area contributed by atoms with Gasteiger partial charge in [0.15, 0.2) is 5.78 Å². The van der Waals surface area contributed by atoms with Crippen LogP contribution < -0.4 is 0 Å². The zero-order valence-corrected chi connectivity index (χ0v) is 11.6. The minimum absolute atomic E-state index is 0.137. The molecule has 5 heteroatoms. The first kappa shape index (κ1) is 12.4. The summed E-state index contributed by atoms with van der Waals surface area (Å²) in [6, 6.07) is 3.54. The largest absolute Gasteiger partial charge is 0.294 e. The van der Waals surface area contributed by atoms with Crippen molar-refractivity contribution in [2.45, 2.75) is 26.7 Å². The molecule has 2 aromatic heterocycles. The van der Waals surface area contributed by atoms with Crippen molar-refractivity contribution >= 4 is 17.1 Å². The van der Waals surface area contributed by atoms with Gasteiger partial charge in [0.2, 0.25) is 5.95 Å². The van der Waals surface area contributed by atoms with Crippen LogP contribution in [0.1, 0.15) is 36.3 Å². The van der Waals surface area contributed by atoms with Crippen LogP contribution in [0, 0.1) is 11.4 Å². The molecule has 1 aliphatic carbocycles. The maximum absolute atomic E-state index is 12.9. The Kier molecular flexibility index (Phi) is 2.74. The number of nitrogens with zero attached hydrogens (tertiary/aromatic N) is 2. The second kappa shape index (κ2) is 4.20. The number of hydrogen-bond donors (Lipinski definition) is 0. The predicted octanol–water partition coefficient (Wildman–Crippen LogP) is 3.50. The molecule has 98 valence electrons. The third-order valence-corrected chi connectivity index (χ3v) is 4.35. The predicted molar refractivity (Wildman–Crippen MR) is 71.7 cm³/mol. The van der Waals surface area contributed by atoms with Crippen LogP contribution in [0.15, 0.2) is 17.5 Å². The Hall–Kier alpha value is -1.62. The lowest BCUT2D eigenvalue weighted by Crippen LogP contribution is -2.31. The van der Waals surface area contributed by atoms with E-state index in [0.29, 0.717) is 16.3 Å². The third-order valence-electron chi connectivity index (χ3n) is 3.52. The zero-order valence-electron chi connectivity index (χ0n) is 10.7. The molecule has 0 saturated heterocycles. The highest BCUT2D eigenvalue weighted by Crippen LogP contribution is 2.35. The summed E-state index contributed by atoms with van der Waals surface area (Å²) in [4.78, 5) is 20.5. The van der Waals surface area contributed by atoms with Crippen LogP contribution in [0.2, 0.25) is 0 Å². The quantitative estimate of drug-likeness (QED) is 0.800. The van der Waals surface area contributed by atoms with Crippen molar-refractivity contribution in [3.63, 3.8) is 0 Å². The van der Waals surface area contributed by atoms with Gasteiger partial charge in [-0.05, 0) is 25.0 Å². The van der Waals surface area contributed by atoms with Crippen molar-refractivity contribution in [3.05, 3.63) is 34.7 Å². The number of thiazole rings is 1. The van der Waals surface area contributed by atoms with Gasteiger partial charge in [-0.1, -0.05) is 13.8 Å². The lowest BCUT2D eigenvalue weighted by molar-refractivity contribution is 0.0809. The van der Waals surface area contributed by atoms with E-state index in [-0.39, 0.29) is 11.2 Å². The van der Waals surface area contributed by atoms with E-state index in [9.17, 15) is 9.18 Å². The first-order valence-corrected chi connectivity index (χ1v) is 7.01. The van der Waals surface area contributed by atoms with Gasteiger partial charge in [-0.3, -0.25) is 4.79 Å². The van der Waals surface area contributed by atoms with Crippen LogP contribution >= 0.6 is 11.3 Å². The van der Waals surface area contributed by atoms with Crippen LogP contribution in [0.3, 0.4) is 0 Å². The van der Waals surface area contributed by atoms with E-state index in [1.807, 2.05) is 13.8 Å². The molecule has 2 heterocycles. The third kappa shape index (κ3) is 2.08. The highest BCUT2D eigenvalue weighted by atomic mass is 32.1. The average Bonchev–Trinajstić information content (AvgIpc) is 2.81. The topological polar surface area (TPSA) is 42.9 Å². The Morgan fingerprint density at radius 2 is 2.11 bits per heavy atom. The SMILES string of the molecule is CC1(C)CCc2nc(-c3nc(F)cs3)ccc2C1=O. The minimum Gasteiger partial charge on any atom is -0.294 e. The number of rotatable bonds is 1. The van der Waals surface area contributed by atoms with Crippen LogP contribution in [0.4, 0.5) is 4.39 Å². The van der Waals surface area contributed by atoms with Crippen LogP contribution in [-0.2, 0) is 6.42 Å². The Bertz CT molecular complexity index is 663. The molecule has 1 aliphatic rings. The fraction of sp³-hybridized carbons (Fsp3) is 0.357. The molecule has 0 N–H and O–H groups in total. The summed E-state index contributed by atoms with van der Waals surface area (Å²) in [5, 5.41) is 1.91. The molecule has 0 radical (unpaired) electrons. The molecule has 0 atom stereocenters. The fourth-order valence-corrected chi connectivity index (χ4v) is 2.93. The molecule has 0 aromatic carbocycles. The summed E-state index contributed by atoms with van der Waals surface area (Å²) in [6.45, 7) is 3.92. The first-order valence-electron chi connectivity index (χ1n) is 6.13. The summed E-state index contributed by atoms with van der Waals surface area (Å²) >= 11 is 1.22. The van der Waals surface area contributed by atoms with E-state index < -0.39 is 5.95 Å². The lowest BCUT2D eigenvalue weighted by Gasteiger charge is -2.28. The van der Waals surface area contributed by atoms with Gasteiger partial charge in [-0.25, -0.2) is 9.97 Å². The molecule has 0 fully saturated rings. The van der Waals surface area contributed by atoms with Gasteiger partial charge in [0.05, 0.1) is 11.4 Å². The van der Waals surface area contributed by atoms with Crippen molar-refractivity contribution in [1.29, 1.82) is 0 Å². The summed E-state index contributed by atoms with van der Waals surface area (Å²) in [5.74, 6) is -0.352. The number of aromatic nitrogens is 2. The van der Waals surface area contributed by atoms with E-state index >= 15 is 0 Å².